The Labute approximate surface area is 117 Å². The van der Waals surface area contributed by atoms with Crippen LogP contribution in [0.4, 0.5) is 10.6 Å². The molecule has 1 aliphatic rings. The molecule has 7 nitrogen and oxygen atoms in total. The van der Waals surface area contributed by atoms with E-state index in [0.29, 0.717) is 31.1 Å². The number of carbonyl (C=O) groups is 2. The number of hydrogen-bond donors (Lipinski definition) is 2. The van der Waals surface area contributed by atoms with Crippen molar-refractivity contribution in [3.63, 3.8) is 0 Å². The molecule has 2 heterocycles. The standard InChI is InChI=1S/C13H20N4O3/c1-10-9-11(16-20-10)15-13(19)14-6-8-17-7-4-2-3-5-12(17)18/h9H,2-8H2,1H3,(H2,14,15,16,19). The molecule has 1 saturated heterocycles. The molecule has 20 heavy (non-hydrogen) atoms. The van der Waals surface area contributed by atoms with E-state index in [-0.39, 0.29) is 11.9 Å². The number of amides is 3. The maximum absolute atomic E-state index is 11.8. The van der Waals surface area contributed by atoms with Crippen molar-refractivity contribution >= 4 is 17.8 Å². The second-order valence-electron chi connectivity index (χ2n) is 4.90. The second-order valence-corrected chi connectivity index (χ2v) is 4.90. The molecule has 1 aliphatic heterocycles. The minimum Gasteiger partial charge on any atom is -0.360 e. The van der Waals surface area contributed by atoms with Gasteiger partial charge in [0.2, 0.25) is 5.91 Å². The van der Waals surface area contributed by atoms with Crippen molar-refractivity contribution in [3.05, 3.63) is 11.8 Å². The normalized spacial score (nSPS) is 15.8. The first kappa shape index (κ1) is 14.4. The molecule has 3 amide bonds. The fourth-order valence-electron chi connectivity index (χ4n) is 2.17. The Morgan fingerprint density at radius 1 is 1.45 bits per heavy atom. The van der Waals surface area contributed by atoms with Crippen LogP contribution in [-0.4, -0.2) is 41.6 Å². The Bertz CT molecular complexity index is 472. The molecule has 7 heteroatoms. The summed E-state index contributed by atoms with van der Waals surface area (Å²) in [7, 11) is 0. The third-order valence-corrected chi connectivity index (χ3v) is 3.21. The van der Waals surface area contributed by atoms with E-state index in [1.54, 1.807) is 13.0 Å². The van der Waals surface area contributed by atoms with Crippen LogP contribution in [0.15, 0.2) is 10.6 Å². The Hall–Kier alpha value is -2.05. The highest BCUT2D eigenvalue weighted by Crippen LogP contribution is 2.10. The van der Waals surface area contributed by atoms with Gasteiger partial charge in [-0.1, -0.05) is 11.6 Å². The molecule has 0 atom stereocenters. The molecule has 0 bridgehead atoms. The van der Waals surface area contributed by atoms with Crippen molar-refractivity contribution < 1.29 is 14.1 Å². The average Bonchev–Trinajstić information content (AvgIpc) is 2.69. The van der Waals surface area contributed by atoms with Crippen LogP contribution in [0.5, 0.6) is 0 Å². The molecule has 0 radical (unpaired) electrons. The monoisotopic (exact) mass is 280 g/mol. The highest BCUT2D eigenvalue weighted by molar-refractivity contribution is 5.88. The summed E-state index contributed by atoms with van der Waals surface area (Å²) in [6.07, 6.45) is 3.72. The lowest BCUT2D eigenvalue weighted by Gasteiger charge is -2.20. The first-order chi connectivity index (χ1) is 9.65. The molecular formula is C13H20N4O3. The van der Waals surface area contributed by atoms with E-state index in [9.17, 15) is 9.59 Å². The molecule has 110 valence electrons. The van der Waals surface area contributed by atoms with Gasteiger partial charge in [-0.3, -0.25) is 10.1 Å². The summed E-state index contributed by atoms with van der Waals surface area (Å²) in [5.74, 6) is 1.19. The van der Waals surface area contributed by atoms with Crippen molar-refractivity contribution in [3.8, 4) is 0 Å². The molecule has 2 rings (SSSR count). The van der Waals surface area contributed by atoms with Crippen LogP contribution >= 0.6 is 0 Å². The molecule has 0 aromatic carbocycles. The van der Waals surface area contributed by atoms with Gasteiger partial charge in [-0.15, -0.1) is 0 Å². The predicted molar refractivity (Wildman–Crippen MR) is 73.3 cm³/mol. The van der Waals surface area contributed by atoms with Crippen LogP contribution in [0.2, 0.25) is 0 Å². The van der Waals surface area contributed by atoms with Crippen molar-refractivity contribution in [2.75, 3.05) is 25.0 Å². The van der Waals surface area contributed by atoms with Gasteiger partial charge in [-0.2, -0.15) is 0 Å². The minimum atomic E-state index is -0.347. The Morgan fingerprint density at radius 3 is 3.05 bits per heavy atom. The number of aromatic nitrogens is 1. The largest absolute Gasteiger partial charge is 0.360 e. The molecule has 0 unspecified atom stereocenters. The highest BCUT2D eigenvalue weighted by Gasteiger charge is 2.16. The van der Waals surface area contributed by atoms with Gasteiger partial charge < -0.3 is 14.7 Å². The van der Waals surface area contributed by atoms with Gasteiger partial charge in [-0.05, 0) is 19.8 Å². The van der Waals surface area contributed by atoms with Crippen molar-refractivity contribution in [2.24, 2.45) is 0 Å². The number of nitrogens with one attached hydrogen (secondary N) is 2. The Morgan fingerprint density at radius 2 is 2.30 bits per heavy atom. The summed E-state index contributed by atoms with van der Waals surface area (Å²) < 4.78 is 4.85. The number of hydrogen-bond acceptors (Lipinski definition) is 4. The van der Waals surface area contributed by atoms with Crippen molar-refractivity contribution in [2.45, 2.75) is 32.6 Å². The van der Waals surface area contributed by atoms with Gasteiger partial charge in [0.1, 0.15) is 5.76 Å². The van der Waals surface area contributed by atoms with E-state index < -0.39 is 0 Å². The number of rotatable bonds is 4. The molecule has 0 saturated carbocycles. The Kier molecular flexibility index (Phi) is 4.97. The fourth-order valence-corrected chi connectivity index (χ4v) is 2.17. The summed E-state index contributed by atoms with van der Waals surface area (Å²) >= 11 is 0. The van der Waals surface area contributed by atoms with Crippen LogP contribution in [-0.2, 0) is 4.79 Å². The zero-order chi connectivity index (χ0) is 14.4. The summed E-state index contributed by atoms with van der Waals surface area (Å²) in [4.78, 5) is 25.2. The van der Waals surface area contributed by atoms with Crippen LogP contribution in [0, 0.1) is 6.92 Å². The molecule has 0 aliphatic carbocycles. The zero-order valence-corrected chi connectivity index (χ0v) is 11.6. The predicted octanol–water partition coefficient (Wildman–Crippen LogP) is 1.51. The summed E-state index contributed by atoms with van der Waals surface area (Å²) in [6, 6.07) is 1.29. The van der Waals surface area contributed by atoms with E-state index in [0.717, 1.165) is 25.8 Å². The summed E-state index contributed by atoms with van der Waals surface area (Å²) in [6.45, 7) is 3.50. The van der Waals surface area contributed by atoms with E-state index in [2.05, 4.69) is 15.8 Å². The first-order valence-electron chi connectivity index (χ1n) is 6.91. The number of nitrogens with zero attached hydrogens (tertiary/aromatic N) is 2. The number of aryl methyl sites for hydroxylation is 1. The maximum atomic E-state index is 11.8. The number of anilines is 1. The van der Waals surface area contributed by atoms with Crippen LogP contribution in [0.25, 0.3) is 0 Å². The van der Waals surface area contributed by atoms with Gasteiger partial charge in [0, 0.05) is 32.1 Å². The molecule has 0 spiro atoms. The van der Waals surface area contributed by atoms with Gasteiger partial charge in [0.25, 0.3) is 0 Å². The van der Waals surface area contributed by atoms with Gasteiger partial charge >= 0.3 is 6.03 Å². The third kappa shape index (κ3) is 4.25. The van der Waals surface area contributed by atoms with Crippen LogP contribution < -0.4 is 10.6 Å². The topological polar surface area (TPSA) is 87.5 Å². The quantitative estimate of drug-likeness (QED) is 0.875. The van der Waals surface area contributed by atoms with E-state index >= 15 is 0 Å². The van der Waals surface area contributed by atoms with Crippen LogP contribution in [0.1, 0.15) is 31.4 Å². The highest BCUT2D eigenvalue weighted by atomic mass is 16.5. The average molecular weight is 280 g/mol. The van der Waals surface area contributed by atoms with E-state index in [1.807, 2.05) is 4.90 Å². The smallest absolute Gasteiger partial charge is 0.320 e. The minimum absolute atomic E-state index is 0.178. The SMILES string of the molecule is Cc1cc(NC(=O)NCCN2CCCCCC2=O)no1. The maximum Gasteiger partial charge on any atom is 0.320 e. The van der Waals surface area contributed by atoms with E-state index in [4.69, 9.17) is 4.52 Å². The Balaban J connectivity index is 1.69. The zero-order valence-electron chi connectivity index (χ0n) is 11.6. The second kappa shape index (κ2) is 6.93. The van der Waals surface area contributed by atoms with Gasteiger partial charge in [0.15, 0.2) is 5.82 Å². The molecule has 1 aromatic rings. The first-order valence-corrected chi connectivity index (χ1v) is 6.91. The lowest BCUT2D eigenvalue weighted by atomic mass is 10.2. The lowest BCUT2D eigenvalue weighted by Crippen LogP contribution is -2.39. The molecular weight excluding hydrogens is 260 g/mol. The fraction of sp³-hybridized carbons (Fsp3) is 0.615. The van der Waals surface area contributed by atoms with Crippen molar-refractivity contribution in [1.82, 2.24) is 15.4 Å². The molecule has 1 fully saturated rings. The summed E-state index contributed by atoms with van der Waals surface area (Å²) in [5, 5.41) is 8.94. The molecule has 1 aromatic heterocycles. The van der Waals surface area contributed by atoms with Crippen LogP contribution in [0.3, 0.4) is 0 Å². The van der Waals surface area contributed by atoms with Gasteiger partial charge in [-0.25, -0.2) is 4.79 Å². The van der Waals surface area contributed by atoms with E-state index in [1.165, 1.54) is 0 Å². The third-order valence-electron chi connectivity index (χ3n) is 3.21. The lowest BCUT2D eigenvalue weighted by molar-refractivity contribution is -0.130. The number of urea groups is 1. The summed E-state index contributed by atoms with van der Waals surface area (Å²) in [5.41, 5.74) is 0. The van der Waals surface area contributed by atoms with Gasteiger partial charge in [0.05, 0.1) is 0 Å². The number of likely N-dealkylation sites (tertiary alicyclic amines) is 1. The van der Waals surface area contributed by atoms with Crippen molar-refractivity contribution in [1.29, 1.82) is 0 Å². The number of carbonyl (C=O) groups excluding carboxylic acids is 2. The molecule has 2 N–H and O–H groups in total.